The van der Waals surface area contributed by atoms with Gasteiger partial charge in [-0.05, 0) is 47.7 Å². The molecule has 0 radical (unpaired) electrons. The Morgan fingerprint density at radius 1 is 1.00 bits per heavy atom. The molecular formula is C24H28ClNO3. The molecule has 0 saturated heterocycles. The van der Waals surface area contributed by atoms with Gasteiger partial charge < -0.3 is 9.52 Å². The van der Waals surface area contributed by atoms with Gasteiger partial charge in [0, 0.05) is 30.0 Å². The van der Waals surface area contributed by atoms with Gasteiger partial charge in [-0.2, -0.15) is 0 Å². The third-order valence-electron chi connectivity index (χ3n) is 4.76. The van der Waals surface area contributed by atoms with E-state index in [-0.39, 0.29) is 5.75 Å². The van der Waals surface area contributed by atoms with E-state index in [0.29, 0.717) is 40.1 Å². The van der Waals surface area contributed by atoms with Crippen molar-refractivity contribution in [3.63, 3.8) is 0 Å². The highest BCUT2D eigenvalue weighted by Gasteiger charge is 2.18. The summed E-state index contributed by atoms with van der Waals surface area (Å²) in [5.41, 5.74) is 1.91. The molecule has 0 aliphatic carbocycles. The zero-order chi connectivity index (χ0) is 21.1. The van der Waals surface area contributed by atoms with E-state index in [0.717, 1.165) is 24.0 Å². The van der Waals surface area contributed by atoms with Crippen LogP contribution in [-0.2, 0) is 6.54 Å². The zero-order valence-electron chi connectivity index (χ0n) is 17.4. The molecule has 0 amide bonds. The molecule has 0 aliphatic heterocycles. The predicted molar refractivity (Wildman–Crippen MR) is 120 cm³/mol. The monoisotopic (exact) mass is 413 g/mol. The van der Waals surface area contributed by atoms with Crippen molar-refractivity contribution < 1.29 is 9.52 Å². The molecule has 1 N–H and O–H groups in total. The smallest absolute Gasteiger partial charge is 0.344 e. The molecule has 0 spiro atoms. The summed E-state index contributed by atoms with van der Waals surface area (Å²) in [5.74, 6) is 1.14. The Morgan fingerprint density at radius 2 is 1.62 bits per heavy atom. The topological polar surface area (TPSA) is 53.7 Å². The first-order valence-electron chi connectivity index (χ1n) is 10.0. The number of halogens is 1. The van der Waals surface area contributed by atoms with Crippen LogP contribution in [0.5, 0.6) is 5.75 Å². The number of aromatic hydroxyl groups is 1. The van der Waals surface area contributed by atoms with Crippen molar-refractivity contribution in [1.82, 2.24) is 4.90 Å². The minimum atomic E-state index is -0.425. The largest absolute Gasteiger partial charge is 0.507 e. The Balaban J connectivity index is 2.06. The lowest BCUT2D eigenvalue weighted by atomic mass is 10.0. The molecule has 0 atom stereocenters. The molecule has 0 saturated carbocycles. The van der Waals surface area contributed by atoms with Crippen LogP contribution in [0.4, 0.5) is 0 Å². The summed E-state index contributed by atoms with van der Waals surface area (Å²) in [6, 6.07) is 12.4. The highest BCUT2D eigenvalue weighted by atomic mass is 35.5. The van der Waals surface area contributed by atoms with Crippen molar-refractivity contribution >= 4 is 22.6 Å². The lowest BCUT2D eigenvalue weighted by Crippen LogP contribution is -2.31. The van der Waals surface area contributed by atoms with E-state index in [4.69, 9.17) is 16.0 Å². The van der Waals surface area contributed by atoms with Gasteiger partial charge >= 0.3 is 5.63 Å². The van der Waals surface area contributed by atoms with E-state index in [1.807, 2.05) is 6.07 Å². The van der Waals surface area contributed by atoms with E-state index in [9.17, 15) is 9.90 Å². The van der Waals surface area contributed by atoms with Crippen LogP contribution in [0.25, 0.3) is 22.1 Å². The standard InChI is InChI=1S/C24H28ClNO3/c1-15(2)12-26(13-16(3)4)14-21-22(27)10-7-18-11-20(24(28)29-23(18)21)17-5-8-19(25)9-6-17/h5-11,15-16,27H,12-14H2,1-4H3. The Bertz CT molecular complexity index is 1030. The third-order valence-corrected chi connectivity index (χ3v) is 5.02. The van der Waals surface area contributed by atoms with Crippen molar-refractivity contribution in [3.05, 3.63) is 63.5 Å². The summed E-state index contributed by atoms with van der Waals surface area (Å²) in [6.45, 7) is 11.0. The van der Waals surface area contributed by atoms with Crippen molar-refractivity contribution in [1.29, 1.82) is 0 Å². The minimum Gasteiger partial charge on any atom is -0.507 e. The summed E-state index contributed by atoms with van der Waals surface area (Å²) >= 11 is 5.96. The van der Waals surface area contributed by atoms with Gasteiger partial charge in [0.25, 0.3) is 0 Å². The highest BCUT2D eigenvalue weighted by Crippen LogP contribution is 2.30. The van der Waals surface area contributed by atoms with Crippen LogP contribution in [0.1, 0.15) is 33.3 Å². The van der Waals surface area contributed by atoms with Crippen LogP contribution in [0.2, 0.25) is 5.02 Å². The van der Waals surface area contributed by atoms with Crippen molar-refractivity contribution in [2.75, 3.05) is 13.1 Å². The lowest BCUT2D eigenvalue weighted by molar-refractivity contribution is 0.209. The SMILES string of the molecule is CC(C)CN(Cc1c(O)ccc2cc(-c3ccc(Cl)cc3)c(=O)oc12)CC(C)C. The van der Waals surface area contributed by atoms with Gasteiger partial charge in [0.2, 0.25) is 0 Å². The van der Waals surface area contributed by atoms with Gasteiger partial charge in [-0.1, -0.05) is 51.4 Å². The second kappa shape index (κ2) is 9.02. The molecule has 1 heterocycles. The number of phenolic OH excluding ortho intramolecular Hbond substituents is 1. The molecule has 154 valence electrons. The molecule has 5 heteroatoms. The molecule has 4 nitrogen and oxygen atoms in total. The normalized spacial score (nSPS) is 11.9. The fourth-order valence-electron chi connectivity index (χ4n) is 3.68. The van der Waals surface area contributed by atoms with E-state index in [1.54, 1.807) is 36.4 Å². The lowest BCUT2D eigenvalue weighted by Gasteiger charge is -2.26. The van der Waals surface area contributed by atoms with Crippen LogP contribution in [0.15, 0.2) is 51.7 Å². The maximum Gasteiger partial charge on any atom is 0.344 e. The average molecular weight is 414 g/mol. The zero-order valence-corrected chi connectivity index (χ0v) is 18.2. The number of benzene rings is 2. The number of nitrogens with zero attached hydrogens (tertiary/aromatic N) is 1. The van der Waals surface area contributed by atoms with Gasteiger partial charge in [0.15, 0.2) is 0 Å². The Kier molecular flexibility index (Phi) is 6.66. The Labute approximate surface area is 176 Å². The number of fused-ring (bicyclic) bond motifs is 1. The molecule has 0 aliphatic rings. The molecule has 3 aromatic rings. The van der Waals surface area contributed by atoms with Crippen LogP contribution in [0, 0.1) is 11.8 Å². The van der Waals surface area contributed by atoms with Crippen LogP contribution < -0.4 is 5.63 Å². The molecule has 1 aromatic heterocycles. The first-order valence-corrected chi connectivity index (χ1v) is 10.4. The summed E-state index contributed by atoms with van der Waals surface area (Å²) in [6.07, 6.45) is 0. The van der Waals surface area contributed by atoms with Crippen molar-refractivity contribution in [3.8, 4) is 16.9 Å². The van der Waals surface area contributed by atoms with Gasteiger partial charge in [-0.25, -0.2) is 4.79 Å². The molecule has 3 rings (SSSR count). The highest BCUT2D eigenvalue weighted by molar-refractivity contribution is 6.30. The average Bonchev–Trinajstić information content (AvgIpc) is 2.63. The van der Waals surface area contributed by atoms with E-state index in [2.05, 4.69) is 32.6 Å². The fourth-order valence-corrected chi connectivity index (χ4v) is 3.80. The number of phenols is 1. The molecule has 29 heavy (non-hydrogen) atoms. The first kappa shape index (κ1) is 21.4. The minimum absolute atomic E-state index is 0.150. The first-order chi connectivity index (χ1) is 13.7. The number of hydrogen-bond donors (Lipinski definition) is 1. The predicted octanol–water partition coefficient (Wildman–Crippen LogP) is 5.93. The third kappa shape index (κ3) is 5.20. The van der Waals surface area contributed by atoms with Gasteiger partial charge in [0.05, 0.1) is 11.1 Å². The maximum atomic E-state index is 12.7. The van der Waals surface area contributed by atoms with Crippen molar-refractivity contribution in [2.45, 2.75) is 34.2 Å². The van der Waals surface area contributed by atoms with Gasteiger partial charge in [-0.15, -0.1) is 0 Å². The van der Waals surface area contributed by atoms with Gasteiger partial charge in [-0.3, -0.25) is 4.90 Å². The van der Waals surface area contributed by atoms with Crippen LogP contribution in [-0.4, -0.2) is 23.1 Å². The van der Waals surface area contributed by atoms with Crippen molar-refractivity contribution in [2.24, 2.45) is 11.8 Å². The molecule has 2 aromatic carbocycles. The maximum absolute atomic E-state index is 12.7. The summed E-state index contributed by atoms with van der Waals surface area (Å²) in [7, 11) is 0. The summed E-state index contributed by atoms with van der Waals surface area (Å²) in [4.78, 5) is 15.0. The molecule has 0 bridgehead atoms. The van der Waals surface area contributed by atoms with Crippen LogP contribution in [0.3, 0.4) is 0 Å². The Morgan fingerprint density at radius 3 is 2.21 bits per heavy atom. The molecule has 0 unspecified atom stereocenters. The molecular weight excluding hydrogens is 386 g/mol. The Hall–Kier alpha value is -2.30. The fraction of sp³-hybridized carbons (Fsp3) is 0.375. The van der Waals surface area contributed by atoms with E-state index < -0.39 is 5.63 Å². The second-order valence-corrected chi connectivity index (χ2v) is 8.85. The van der Waals surface area contributed by atoms with Crippen LogP contribution >= 0.6 is 11.6 Å². The van der Waals surface area contributed by atoms with Gasteiger partial charge in [0.1, 0.15) is 11.3 Å². The summed E-state index contributed by atoms with van der Waals surface area (Å²) in [5, 5.41) is 11.9. The molecule has 0 fully saturated rings. The number of hydrogen-bond acceptors (Lipinski definition) is 4. The quantitative estimate of drug-likeness (QED) is 0.487. The second-order valence-electron chi connectivity index (χ2n) is 8.42. The van der Waals surface area contributed by atoms with E-state index in [1.165, 1.54) is 0 Å². The number of rotatable bonds is 7. The van der Waals surface area contributed by atoms with E-state index >= 15 is 0 Å². The summed E-state index contributed by atoms with van der Waals surface area (Å²) < 4.78 is 5.73.